The Hall–Kier alpha value is -2.15. The van der Waals surface area contributed by atoms with E-state index in [1.165, 1.54) is 0 Å². The second-order valence-corrected chi connectivity index (χ2v) is 8.61. The van der Waals surface area contributed by atoms with Crippen LogP contribution < -0.4 is 4.74 Å². The maximum absolute atomic E-state index is 13.5. The van der Waals surface area contributed by atoms with Gasteiger partial charge in [-0.1, -0.05) is 35.8 Å². The molecule has 0 bridgehead atoms. The number of halogens is 1. The Morgan fingerprint density at radius 3 is 2.64 bits per heavy atom. The van der Waals surface area contributed by atoms with Crippen LogP contribution >= 0.6 is 15.9 Å². The van der Waals surface area contributed by atoms with Gasteiger partial charge >= 0.3 is 0 Å². The minimum atomic E-state index is -0.920. The summed E-state index contributed by atoms with van der Waals surface area (Å²) in [6.07, 6.45) is -0.920. The average molecular weight is 444 g/mol. The first-order chi connectivity index (χ1) is 13.3. The first kappa shape index (κ1) is 19.2. The second kappa shape index (κ2) is 6.72. The fourth-order valence-electron chi connectivity index (χ4n) is 4.29. The molecule has 2 N–H and O–H groups in total. The van der Waals surface area contributed by atoms with Crippen molar-refractivity contribution in [3.63, 3.8) is 0 Å². The fourth-order valence-corrected chi connectivity index (χ4v) is 4.64. The lowest BCUT2D eigenvalue weighted by Crippen LogP contribution is -2.34. The number of aliphatic hydroxyl groups excluding tert-OH is 2. The highest BCUT2D eigenvalue weighted by molar-refractivity contribution is 9.10. The van der Waals surface area contributed by atoms with Crippen molar-refractivity contribution >= 4 is 32.6 Å². The molecule has 0 saturated heterocycles. The molecule has 28 heavy (non-hydrogen) atoms. The Balaban J connectivity index is 2.08. The Morgan fingerprint density at radius 1 is 1.21 bits per heavy atom. The molecule has 146 valence electrons. The van der Waals surface area contributed by atoms with Gasteiger partial charge in [-0.3, -0.25) is 4.79 Å². The number of ether oxygens (including phenoxy) is 1. The topological polar surface area (TPSA) is 71.7 Å². The van der Waals surface area contributed by atoms with Crippen LogP contribution in [0.1, 0.15) is 41.0 Å². The molecule has 0 unspecified atom stereocenters. The highest BCUT2D eigenvalue weighted by Gasteiger charge is 2.42. The van der Waals surface area contributed by atoms with E-state index in [2.05, 4.69) is 29.8 Å². The van der Waals surface area contributed by atoms with E-state index in [4.69, 9.17) is 4.74 Å². The van der Waals surface area contributed by atoms with Crippen molar-refractivity contribution in [3.8, 4) is 5.75 Å². The number of aliphatic hydroxyl groups is 2. The molecular formula is C22H22BrNO4. The Kier molecular flexibility index (Phi) is 4.61. The predicted octanol–water partition coefficient (Wildman–Crippen LogP) is 3.64. The van der Waals surface area contributed by atoms with Gasteiger partial charge in [0.1, 0.15) is 5.75 Å². The fraction of sp³-hybridized carbons (Fsp3) is 0.318. The molecule has 0 aliphatic heterocycles. The van der Waals surface area contributed by atoms with Crippen LogP contribution in [0.3, 0.4) is 0 Å². The van der Waals surface area contributed by atoms with Gasteiger partial charge < -0.3 is 19.5 Å². The zero-order chi connectivity index (χ0) is 20.2. The summed E-state index contributed by atoms with van der Waals surface area (Å²) in [4.78, 5) is 13.5. The third kappa shape index (κ3) is 2.70. The summed E-state index contributed by atoms with van der Waals surface area (Å²) in [5.74, 6) is 0.667. The van der Waals surface area contributed by atoms with E-state index >= 15 is 0 Å². The van der Waals surface area contributed by atoms with Crippen LogP contribution in [0.4, 0.5) is 0 Å². The molecule has 0 spiro atoms. The molecule has 0 saturated carbocycles. The number of hydrogen-bond donors (Lipinski definition) is 2. The lowest BCUT2D eigenvalue weighted by Gasteiger charge is -2.34. The molecule has 0 radical (unpaired) electrons. The van der Waals surface area contributed by atoms with Crippen LogP contribution in [-0.2, 0) is 12.0 Å². The summed E-state index contributed by atoms with van der Waals surface area (Å²) in [5, 5.41) is 20.5. The zero-order valence-electron chi connectivity index (χ0n) is 16.0. The molecule has 0 fully saturated rings. The van der Waals surface area contributed by atoms with Gasteiger partial charge in [-0.25, -0.2) is 0 Å². The molecule has 1 aliphatic rings. The van der Waals surface area contributed by atoms with E-state index < -0.39 is 11.5 Å². The smallest absolute Gasteiger partial charge is 0.195 e. The minimum Gasteiger partial charge on any atom is -0.497 e. The predicted molar refractivity (Wildman–Crippen MR) is 111 cm³/mol. The van der Waals surface area contributed by atoms with Crippen molar-refractivity contribution in [2.45, 2.75) is 31.9 Å². The second-order valence-electron chi connectivity index (χ2n) is 7.70. The summed E-state index contributed by atoms with van der Waals surface area (Å²) in [5.41, 5.74) is 3.43. The van der Waals surface area contributed by atoms with E-state index in [1.807, 2.05) is 41.0 Å². The quantitative estimate of drug-likeness (QED) is 0.645. The normalized spacial score (nSPS) is 16.0. The van der Waals surface area contributed by atoms with Crippen molar-refractivity contribution in [1.29, 1.82) is 0 Å². The molecule has 3 aromatic rings. The van der Waals surface area contributed by atoms with E-state index in [0.29, 0.717) is 16.9 Å². The molecule has 1 heterocycles. The monoisotopic (exact) mass is 443 g/mol. The van der Waals surface area contributed by atoms with E-state index in [1.54, 1.807) is 7.11 Å². The van der Waals surface area contributed by atoms with Gasteiger partial charge in [-0.15, -0.1) is 0 Å². The minimum absolute atomic E-state index is 0.0310. The number of carbonyl (C=O) groups is 1. The number of rotatable bonds is 4. The summed E-state index contributed by atoms with van der Waals surface area (Å²) in [6, 6.07) is 11.3. The molecule has 4 rings (SSSR count). The SMILES string of the molecule is COc1ccc2c(c1)C(C)(C)c1c(c3ccc(Br)cc3n1C[C@@H](O)CO)C2=O. The van der Waals surface area contributed by atoms with Gasteiger partial charge in [0.05, 0.1) is 37.4 Å². The molecule has 1 atom stereocenters. The molecular weight excluding hydrogens is 422 g/mol. The maximum atomic E-state index is 13.5. The first-order valence-electron chi connectivity index (χ1n) is 9.14. The molecule has 2 aromatic carbocycles. The van der Waals surface area contributed by atoms with Crippen LogP contribution in [0.25, 0.3) is 10.9 Å². The highest BCUT2D eigenvalue weighted by atomic mass is 79.9. The standard InChI is InChI=1S/C22H22BrNO4/c1-22(2)17-9-14(28-3)5-7-15(17)20(27)19-16-6-4-12(23)8-18(16)24(21(19)22)10-13(26)11-25/h4-9,13,25-26H,10-11H2,1-3H3/t13-/m1/s1. The van der Waals surface area contributed by atoms with Gasteiger partial charge in [-0.05, 0) is 35.9 Å². The molecule has 1 aromatic heterocycles. The Bertz CT molecular complexity index is 1100. The number of aromatic nitrogens is 1. The Morgan fingerprint density at radius 2 is 1.96 bits per heavy atom. The highest BCUT2D eigenvalue weighted by Crippen LogP contribution is 2.46. The molecule has 6 heteroatoms. The maximum Gasteiger partial charge on any atom is 0.195 e. The first-order valence-corrected chi connectivity index (χ1v) is 9.93. The third-order valence-corrected chi connectivity index (χ3v) is 6.09. The van der Waals surface area contributed by atoms with Crippen molar-refractivity contribution < 1.29 is 19.7 Å². The van der Waals surface area contributed by atoms with Crippen LogP contribution in [0.2, 0.25) is 0 Å². The third-order valence-electron chi connectivity index (χ3n) is 5.59. The van der Waals surface area contributed by atoms with E-state index in [9.17, 15) is 15.0 Å². The van der Waals surface area contributed by atoms with Crippen LogP contribution in [0, 0.1) is 0 Å². The van der Waals surface area contributed by atoms with E-state index in [-0.39, 0.29) is 18.9 Å². The summed E-state index contributed by atoms with van der Waals surface area (Å²) >= 11 is 3.51. The van der Waals surface area contributed by atoms with Crippen LogP contribution in [0.15, 0.2) is 40.9 Å². The number of fused-ring (bicyclic) bond motifs is 4. The van der Waals surface area contributed by atoms with Crippen LogP contribution in [-0.4, -0.2) is 40.4 Å². The van der Waals surface area contributed by atoms with Crippen molar-refractivity contribution in [2.75, 3.05) is 13.7 Å². The summed E-state index contributed by atoms with van der Waals surface area (Å²) < 4.78 is 8.24. The van der Waals surface area contributed by atoms with Gasteiger partial charge in [0.25, 0.3) is 0 Å². The number of ketones is 1. The Labute approximate surface area is 171 Å². The summed E-state index contributed by atoms with van der Waals surface area (Å²) in [6.45, 7) is 4.01. The molecule has 1 aliphatic carbocycles. The number of hydrogen-bond acceptors (Lipinski definition) is 4. The van der Waals surface area contributed by atoms with E-state index in [0.717, 1.165) is 26.6 Å². The van der Waals surface area contributed by atoms with Gasteiger partial charge in [-0.2, -0.15) is 0 Å². The van der Waals surface area contributed by atoms with Gasteiger partial charge in [0, 0.05) is 26.5 Å². The van der Waals surface area contributed by atoms with Crippen molar-refractivity contribution in [2.24, 2.45) is 0 Å². The summed E-state index contributed by atoms with van der Waals surface area (Å²) in [7, 11) is 1.61. The van der Waals surface area contributed by atoms with Crippen molar-refractivity contribution in [3.05, 3.63) is 63.3 Å². The number of carbonyl (C=O) groups excluding carboxylic acids is 1. The lowest BCUT2D eigenvalue weighted by atomic mass is 9.71. The number of nitrogens with zero attached hydrogens (tertiary/aromatic N) is 1. The zero-order valence-corrected chi connectivity index (χ0v) is 17.6. The molecule has 0 amide bonds. The van der Waals surface area contributed by atoms with Crippen LogP contribution in [0.5, 0.6) is 5.75 Å². The average Bonchev–Trinajstić information content (AvgIpc) is 3.00. The van der Waals surface area contributed by atoms with Gasteiger partial charge in [0.15, 0.2) is 5.78 Å². The largest absolute Gasteiger partial charge is 0.497 e. The lowest BCUT2D eigenvalue weighted by molar-refractivity contribution is 0.0808. The van der Waals surface area contributed by atoms with Gasteiger partial charge in [0.2, 0.25) is 0 Å². The van der Waals surface area contributed by atoms with Crippen molar-refractivity contribution in [1.82, 2.24) is 4.57 Å². The number of methoxy groups -OCH3 is 1. The molecule has 5 nitrogen and oxygen atoms in total. The number of benzene rings is 2.